The third-order valence-electron chi connectivity index (χ3n) is 5.30. The molecule has 3 aromatic heterocycles. The van der Waals surface area contributed by atoms with Gasteiger partial charge in [-0.05, 0) is 26.0 Å². The van der Waals surface area contributed by atoms with Crippen LogP contribution in [0.25, 0.3) is 22.6 Å². The number of methoxy groups -OCH3 is 1. The van der Waals surface area contributed by atoms with Gasteiger partial charge in [-0.3, -0.25) is 27.7 Å². The maximum absolute atomic E-state index is 13.2. The molecule has 0 saturated heterocycles. The van der Waals surface area contributed by atoms with E-state index in [1.165, 1.54) is 11.7 Å². The van der Waals surface area contributed by atoms with Crippen LogP contribution in [0, 0.1) is 13.8 Å². The lowest BCUT2D eigenvalue weighted by atomic mass is 10.3. The first-order valence-electron chi connectivity index (χ1n) is 9.19. The molecule has 0 atom stereocenters. The van der Waals surface area contributed by atoms with Gasteiger partial charge in [0.1, 0.15) is 0 Å². The van der Waals surface area contributed by atoms with Crippen LogP contribution in [-0.4, -0.2) is 36.2 Å². The summed E-state index contributed by atoms with van der Waals surface area (Å²) in [7, 11) is 2.84. The van der Waals surface area contributed by atoms with Crippen molar-refractivity contribution in [3.63, 3.8) is 0 Å². The van der Waals surface area contributed by atoms with Crippen molar-refractivity contribution < 1.29 is 9.53 Å². The lowest BCUT2D eigenvalue weighted by Gasteiger charge is -2.08. The van der Waals surface area contributed by atoms with Gasteiger partial charge in [0.25, 0.3) is 5.56 Å². The molecule has 4 aromatic rings. The van der Waals surface area contributed by atoms with E-state index in [1.807, 2.05) is 48.7 Å². The predicted octanol–water partition coefficient (Wildman–Crippen LogP) is 1.32. The molecule has 0 aliphatic rings. The Kier molecular flexibility index (Phi) is 4.37. The number of rotatable bonds is 4. The Bertz CT molecular complexity index is 1370. The lowest BCUT2D eigenvalue weighted by Crippen LogP contribution is -2.40. The summed E-state index contributed by atoms with van der Waals surface area (Å²) in [5.74, 6) is 0.0683. The fraction of sp³-hybridized carbons (Fsp3) is 0.300. The maximum atomic E-state index is 13.2. The Hall–Kier alpha value is -3.62. The molecule has 0 radical (unpaired) electrons. The van der Waals surface area contributed by atoms with Gasteiger partial charge in [0, 0.05) is 30.7 Å². The first kappa shape index (κ1) is 18.7. The molecule has 0 spiro atoms. The molecule has 9 nitrogen and oxygen atoms in total. The number of hydrogen-bond acceptors (Lipinski definition) is 5. The molecular weight excluding hydrogens is 374 g/mol. The summed E-state index contributed by atoms with van der Waals surface area (Å²) in [5.41, 5.74) is 2.31. The smallest absolute Gasteiger partial charge is 0.332 e. The molecule has 4 rings (SSSR count). The Balaban J connectivity index is 2.07. The third-order valence-corrected chi connectivity index (χ3v) is 5.30. The zero-order chi connectivity index (χ0) is 20.9. The van der Waals surface area contributed by atoms with Crippen molar-refractivity contribution in [1.29, 1.82) is 0 Å². The SMILES string of the molecule is COC(=O)CCn1c(=O)c2c(nc3n(-c4ccccc4)c(C)c(C)n23)n(C)c1=O. The third kappa shape index (κ3) is 2.69. The van der Waals surface area contributed by atoms with Crippen LogP contribution in [0.5, 0.6) is 0 Å². The van der Waals surface area contributed by atoms with Crippen molar-refractivity contribution in [2.75, 3.05) is 7.11 Å². The summed E-state index contributed by atoms with van der Waals surface area (Å²) in [5, 5.41) is 0. The minimum atomic E-state index is -0.521. The molecule has 0 fully saturated rings. The van der Waals surface area contributed by atoms with Crippen LogP contribution in [0.1, 0.15) is 17.8 Å². The number of ether oxygens (including phenoxy) is 1. The zero-order valence-electron chi connectivity index (χ0n) is 16.7. The van der Waals surface area contributed by atoms with Gasteiger partial charge < -0.3 is 4.74 Å². The van der Waals surface area contributed by atoms with Gasteiger partial charge in [-0.2, -0.15) is 4.98 Å². The average molecular weight is 395 g/mol. The van der Waals surface area contributed by atoms with Gasteiger partial charge in [-0.15, -0.1) is 0 Å². The van der Waals surface area contributed by atoms with Crippen molar-refractivity contribution in [2.45, 2.75) is 26.8 Å². The second-order valence-electron chi connectivity index (χ2n) is 6.89. The Morgan fingerprint density at radius 3 is 2.45 bits per heavy atom. The fourth-order valence-electron chi connectivity index (χ4n) is 3.64. The van der Waals surface area contributed by atoms with Gasteiger partial charge in [-0.1, -0.05) is 18.2 Å². The van der Waals surface area contributed by atoms with E-state index in [-0.39, 0.29) is 13.0 Å². The van der Waals surface area contributed by atoms with Gasteiger partial charge in [0.2, 0.25) is 5.78 Å². The lowest BCUT2D eigenvalue weighted by molar-refractivity contribution is -0.140. The highest BCUT2D eigenvalue weighted by molar-refractivity contribution is 5.77. The monoisotopic (exact) mass is 395 g/mol. The molecular formula is C20H21N5O4. The first-order chi connectivity index (χ1) is 13.9. The van der Waals surface area contributed by atoms with Crippen LogP contribution >= 0.6 is 0 Å². The van der Waals surface area contributed by atoms with E-state index in [0.29, 0.717) is 16.9 Å². The molecule has 1 aromatic carbocycles. The number of aryl methyl sites for hydroxylation is 2. The van der Waals surface area contributed by atoms with Crippen molar-refractivity contribution in [2.24, 2.45) is 7.05 Å². The van der Waals surface area contributed by atoms with Gasteiger partial charge >= 0.3 is 11.7 Å². The number of carbonyl (C=O) groups is 1. The minimum absolute atomic E-state index is 0.0568. The molecule has 29 heavy (non-hydrogen) atoms. The molecule has 0 unspecified atom stereocenters. The summed E-state index contributed by atoms with van der Waals surface area (Å²) in [6.45, 7) is 3.81. The van der Waals surface area contributed by atoms with Crippen LogP contribution in [0.4, 0.5) is 0 Å². The highest BCUT2D eigenvalue weighted by atomic mass is 16.5. The molecule has 150 valence electrons. The molecule has 0 amide bonds. The van der Waals surface area contributed by atoms with E-state index in [9.17, 15) is 14.4 Å². The quantitative estimate of drug-likeness (QED) is 0.486. The number of carbonyl (C=O) groups excluding carboxylic acids is 1. The zero-order valence-corrected chi connectivity index (χ0v) is 16.7. The van der Waals surface area contributed by atoms with E-state index in [1.54, 1.807) is 11.4 Å². The Labute approximate surface area is 165 Å². The fourth-order valence-corrected chi connectivity index (χ4v) is 3.64. The first-order valence-corrected chi connectivity index (χ1v) is 9.19. The summed E-state index contributed by atoms with van der Waals surface area (Å²) < 4.78 is 10.8. The van der Waals surface area contributed by atoms with E-state index < -0.39 is 17.2 Å². The van der Waals surface area contributed by atoms with E-state index in [4.69, 9.17) is 0 Å². The maximum Gasteiger partial charge on any atom is 0.332 e. The minimum Gasteiger partial charge on any atom is -0.469 e. The van der Waals surface area contributed by atoms with E-state index in [2.05, 4.69) is 9.72 Å². The van der Waals surface area contributed by atoms with Crippen LogP contribution in [0.3, 0.4) is 0 Å². The Morgan fingerprint density at radius 1 is 1.10 bits per heavy atom. The number of benzene rings is 1. The number of aromatic nitrogens is 5. The molecule has 0 aliphatic heterocycles. The van der Waals surface area contributed by atoms with Crippen molar-refractivity contribution in [1.82, 2.24) is 23.1 Å². The topological polar surface area (TPSA) is 92.5 Å². The molecule has 0 N–H and O–H groups in total. The molecule has 0 aliphatic carbocycles. The van der Waals surface area contributed by atoms with Crippen LogP contribution in [0.2, 0.25) is 0 Å². The summed E-state index contributed by atoms with van der Waals surface area (Å²) in [6, 6.07) is 9.70. The molecule has 0 bridgehead atoms. The Morgan fingerprint density at radius 2 is 1.79 bits per heavy atom. The number of para-hydroxylation sites is 1. The summed E-state index contributed by atoms with van der Waals surface area (Å²) in [6.07, 6.45) is -0.0673. The predicted molar refractivity (Wildman–Crippen MR) is 108 cm³/mol. The van der Waals surface area contributed by atoms with Gasteiger partial charge in [0.15, 0.2) is 11.2 Å². The van der Waals surface area contributed by atoms with Gasteiger partial charge in [-0.25, -0.2) is 4.79 Å². The number of esters is 1. The number of nitrogens with zero attached hydrogens (tertiary/aromatic N) is 5. The van der Waals surface area contributed by atoms with E-state index >= 15 is 0 Å². The summed E-state index contributed by atoms with van der Waals surface area (Å²) in [4.78, 5) is 42.1. The highest BCUT2D eigenvalue weighted by Crippen LogP contribution is 2.24. The molecule has 3 heterocycles. The highest BCUT2D eigenvalue weighted by Gasteiger charge is 2.23. The second-order valence-corrected chi connectivity index (χ2v) is 6.89. The molecule has 9 heteroatoms. The van der Waals surface area contributed by atoms with Crippen molar-refractivity contribution in [3.05, 3.63) is 62.6 Å². The number of hydrogen-bond donors (Lipinski definition) is 0. The van der Waals surface area contributed by atoms with E-state index in [0.717, 1.165) is 21.6 Å². The number of imidazole rings is 2. The van der Waals surface area contributed by atoms with Gasteiger partial charge in [0.05, 0.1) is 13.5 Å². The second kappa shape index (κ2) is 6.77. The average Bonchev–Trinajstić information content (AvgIpc) is 3.22. The standard InChI is InChI=1S/C20H21N5O4/c1-12-13(2)25-16-17(21-19(25)24(12)14-8-6-5-7-9-14)22(3)20(28)23(18(16)27)11-10-15(26)29-4/h5-9H,10-11H2,1-4H3. The molecule has 0 saturated carbocycles. The largest absolute Gasteiger partial charge is 0.469 e. The van der Waals surface area contributed by atoms with Crippen molar-refractivity contribution >= 4 is 22.9 Å². The van der Waals surface area contributed by atoms with Crippen LogP contribution < -0.4 is 11.2 Å². The normalized spacial score (nSPS) is 11.4. The summed E-state index contributed by atoms with van der Waals surface area (Å²) >= 11 is 0. The van der Waals surface area contributed by atoms with Crippen LogP contribution in [0.15, 0.2) is 39.9 Å². The van der Waals surface area contributed by atoms with Crippen molar-refractivity contribution in [3.8, 4) is 5.69 Å². The van der Waals surface area contributed by atoms with Crippen LogP contribution in [-0.2, 0) is 23.1 Å². The number of fused-ring (bicyclic) bond motifs is 3.